The van der Waals surface area contributed by atoms with Crippen molar-refractivity contribution in [2.75, 3.05) is 6.61 Å². The summed E-state index contributed by atoms with van der Waals surface area (Å²) in [5.41, 5.74) is 2.18. The molecule has 196 valence electrons. The van der Waals surface area contributed by atoms with Crippen LogP contribution in [0.2, 0.25) is 0 Å². The van der Waals surface area contributed by atoms with Crippen LogP contribution in [0.25, 0.3) is 11.4 Å². The van der Waals surface area contributed by atoms with E-state index >= 15 is 0 Å². The molecule has 2 rings (SSSR count). The molecule has 3 nitrogen and oxygen atoms in total. The molecule has 0 saturated heterocycles. The zero-order valence-electron chi connectivity index (χ0n) is 22.6. The summed E-state index contributed by atoms with van der Waals surface area (Å²) in [6, 6.07) is 7.80. The number of hydrogen-bond donors (Lipinski definition) is 0. The molecule has 0 fully saturated rings. The fourth-order valence-electron chi connectivity index (χ4n) is 4.50. The summed E-state index contributed by atoms with van der Waals surface area (Å²) in [5.74, 6) is 1.94. The van der Waals surface area contributed by atoms with E-state index in [0.29, 0.717) is 25.4 Å². The van der Waals surface area contributed by atoms with Crippen molar-refractivity contribution in [2.45, 2.75) is 123 Å². The van der Waals surface area contributed by atoms with Crippen LogP contribution in [0.3, 0.4) is 0 Å². The normalized spacial score (nSPS) is 13.0. The van der Waals surface area contributed by atoms with Crippen molar-refractivity contribution >= 4 is 0 Å². The highest BCUT2D eigenvalue weighted by molar-refractivity contribution is 5.55. The van der Waals surface area contributed by atoms with Crippen LogP contribution in [0.1, 0.15) is 116 Å². The number of halogens is 1. The van der Waals surface area contributed by atoms with Gasteiger partial charge in [0.15, 0.2) is 5.82 Å². The van der Waals surface area contributed by atoms with Gasteiger partial charge in [-0.2, -0.15) is 0 Å². The van der Waals surface area contributed by atoms with Crippen LogP contribution >= 0.6 is 0 Å². The van der Waals surface area contributed by atoms with Crippen LogP contribution in [0.15, 0.2) is 36.7 Å². The van der Waals surface area contributed by atoms with Gasteiger partial charge >= 0.3 is 0 Å². The zero-order valence-corrected chi connectivity index (χ0v) is 22.6. The van der Waals surface area contributed by atoms with Gasteiger partial charge in [0.1, 0.15) is 11.9 Å². The molecule has 4 heteroatoms. The molecule has 0 aliphatic rings. The molecular formula is C31H49FN2O. The highest BCUT2D eigenvalue weighted by atomic mass is 19.1. The summed E-state index contributed by atoms with van der Waals surface area (Å²) in [6.45, 7) is 7.00. The van der Waals surface area contributed by atoms with E-state index in [1.807, 2.05) is 36.7 Å². The van der Waals surface area contributed by atoms with Gasteiger partial charge in [0.25, 0.3) is 0 Å². The average Bonchev–Trinajstić information content (AvgIpc) is 2.87. The first-order valence-electron chi connectivity index (χ1n) is 14.3. The number of benzene rings is 1. The van der Waals surface area contributed by atoms with Gasteiger partial charge in [0.2, 0.25) is 0 Å². The van der Waals surface area contributed by atoms with E-state index in [1.54, 1.807) is 0 Å². The lowest BCUT2D eigenvalue weighted by Crippen LogP contribution is -2.11. The summed E-state index contributed by atoms with van der Waals surface area (Å²) in [4.78, 5) is 9.14. The van der Waals surface area contributed by atoms with Crippen molar-refractivity contribution in [1.29, 1.82) is 0 Å². The molecule has 2 unspecified atom stereocenters. The van der Waals surface area contributed by atoms with E-state index in [4.69, 9.17) is 4.74 Å². The van der Waals surface area contributed by atoms with E-state index in [2.05, 4.69) is 30.7 Å². The van der Waals surface area contributed by atoms with Gasteiger partial charge in [0, 0.05) is 24.4 Å². The maximum Gasteiger partial charge on any atom is 0.159 e. The number of unbranched alkanes of at least 4 members (excludes halogenated alkanes) is 9. The minimum absolute atomic E-state index is 0.408. The third-order valence-electron chi connectivity index (χ3n) is 6.80. The van der Waals surface area contributed by atoms with Crippen molar-refractivity contribution in [3.63, 3.8) is 0 Å². The molecule has 2 atom stereocenters. The minimum Gasteiger partial charge on any atom is -0.493 e. The Morgan fingerprint density at radius 1 is 0.771 bits per heavy atom. The van der Waals surface area contributed by atoms with Crippen molar-refractivity contribution in [3.8, 4) is 17.1 Å². The van der Waals surface area contributed by atoms with Crippen molar-refractivity contribution in [1.82, 2.24) is 9.97 Å². The van der Waals surface area contributed by atoms with Crippen molar-refractivity contribution in [2.24, 2.45) is 5.92 Å². The van der Waals surface area contributed by atoms with Gasteiger partial charge in [-0.05, 0) is 55.0 Å². The number of rotatable bonds is 20. The fraction of sp³-hybridized carbons (Fsp3) is 0.677. The molecule has 0 aliphatic heterocycles. The fourth-order valence-corrected chi connectivity index (χ4v) is 4.50. The van der Waals surface area contributed by atoms with Crippen LogP contribution in [0.5, 0.6) is 5.75 Å². The van der Waals surface area contributed by atoms with Crippen LogP contribution < -0.4 is 4.74 Å². The third kappa shape index (κ3) is 13.1. The molecule has 1 aromatic carbocycles. The summed E-state index contributed by atoms with van der Waals surface area (Å²) in [5, 5.41) is 0. The smallest absolute Gasteiger partial charge is 0.159 e. The number of nitrogens with zero attached hydrogens (tertiary/aromatic N) is 2. The second-order valence-corrected chi connectivity index (χ2v) is 10.2. The van der Waals surface area contributed by atoms with Gasteiger partial charge in [-0.3, -0.25) is 0 Å². The SMILES string of the molecule is CCCCCCCCCCCc1cnc(-c2ccc(OCCC(F)CC(C)CCCC)cc2)nc1. The van der Waals surface area contributed by atoms with E-state index in [-0.39, 0.29) is 0 Å². The topological polar surface area (TPSA) is 35.0 Å². The molecule has 0 aliphatic carbocycles. The maximum atomic E-state index is 14.2. The summed E-state index contributed by atoms with van der Waals surface area (Å²) in [7, 11) is 0. The number of hydrogen-bond acceptors (Lipinski definition) is 3. The molecule has 35 heavy (non-hydrogen) atoms. The molecule has 0 spiro atoms. The molecule has 1 heterocycles. The van der Waals surface area contributed by atoms with E-state index in [0.717, 1.165) is 30.0 Å². The van der Waals surface area contributed by atoms with Gasteiger partial charge in [-0.15, -0.1) is 0 Å². The molecule has 0 saturated carbocycles. The van der Waals surface area contributed by atoms with Crippen molar-refractivity contribution < 1.29 is 9.13 Å². The second kappa shape index (κ2) is 18.3. The van der Waals surface area contributed by atoms with Crippen LogP contribution in [-0.4, -0.2) is 22.7 Å². The minimum atomic E-state index is -0.788. The number of ether oxygens (including phenoxy) is 1. The first-order valence-corrected chi connectivity index (χ1v) is 14.3. The van der Waals surface area contributed by atoms with Gasteiger partial charge < -0.3 is 4.74 Å². The van der Waals surface area contributed by atoms with E-state index in [1.165, 1.54) is 76.2 Å². The van der Waals surface area contributed by atoms with E-state index < -0.39 is 6.17 Å². The Balaban J connectivity index is 1.64. The molecule has 0 N–H and O–H groups in total. The molecule has 0 amide bonds. The molecule has 2 aromatic rings. The summed E-state index contributed by atoms with van der Waals surface area (Å²) < 4.78 is 20.0. The van der Waals surface area contributed by atoms with Crippen LogP contribution in [-0.2, 0) is 6.42 Å². The van der Waals surface area contributed by atoms with Crippen LogP contribution in [0.4, 0.5) is 4.39 Å². The number of alkyl halides is 1. The lowest BCUT2D eigenvalue weighted by molar-refractivity contribution is 0.205. The standard InChI is InChI=1S/C31H49FN2O/c1-4-6-8-9-10-11-12-13-14-16-27-24-33-31(34-25-27)28-17-19-30(20-18-28)35-22-21-29(32)23-26(3)15-7-5-2/h17-20,24-26,29H,4-16,21-23H2,1-3H3. The Morgan fingerprint density at radius 3 is 2.00 bits per heavy atom. The van der Waals surface area contributed by atoms with Crippen molar-refractivity contribution in [3.05, 3.63) is 42.2 Å². The third-order valence-corrected chi connectivity index (χ3v) is 6.80. The lowest BCUT2D eigenvalue weighted by Gasteiger charge is -2.15. The highest BCUT2D eigenvalue weighted by Crippen LogP contribution is 2.21. The predicted octanol–water partition coefficient (Wildman–Crippen LogP) is 9.54. The summed E-state index contributed by atoms with van der Waals surface area (Å²) >= 11 is 0. The Hall–Kier alpha value is -1.97. The van der Waals surface area contributed by atoms with E-state index in [9.17, 15) is 4.39 Å². The number of aryl methyl sites for hydroxylation is 1. The molecule has 0 radical (unpaired) electrons. The van der Waals surface area contributed by atoms with Gasteiger partial charge in [-0.1, -0.05) is 91.4 Å². The molecule has 1 aromatic heterocycles. The Morgan fingerprint density at radius 2 is 1.37 bits per heavy atom. The quantitative estimate of drug-likeness (QED) is 0.175. The van der Waals surface area contributed by atoms with Gasteiger partial charge in [-0.25, -0.2) is 14.4 Å². The average molecular weight is 485 g/mol. The monoisotopic (exact) mass is 484 g/mol. The largest absolute Gasteiger partial charge is 0.493 e. The Bertz CT molecular complexity index is 763. The van der Waals surface area contributed by atoms with Crippen LogP contribution in [0, 0.1) is 5.92 Å². The maximum absolute atomic E-state index is 14.2. The first kappa shape index (κ1) is 29.3. The number of aromatic nitrogens is 2. The summed E-state index contributed by atoms with van der Waals surface area (Å²) in [6.07, 6.45) is 20.8. The molecule has 0 bridgehead atoms. The first-order chi connectivity index (χ1) is 17.1. The second-order valence-electron chi connectivity index (χ2n) is 10.2. The van der Waals surface area contributed by atoms with Gasteiger partial charge in [0.05, 0.1) is 6.61 Å². The Kier molecular flexibility index (Phi) is 15.3. The highest BCUT2D eigenvalue weighted by Gasteiger charge is 2.12. The Labute approximate surface area is 214 Å². The zero-order chi connectivity index (χ0) is 25.1. The lowest BCUT2D eigenvalue weighted by atomic mass is 9.97. The molecular weight excluding hydrogens is 435 g/mol. The predicted molar refractivity (Wildman–Crippen MR) is 147 cm³/mol.